The highest BCUT2D eigenvalue weighted by Crippen LogP contribution is 2.38. The van der Waals surface area contributed by atoms with Crippen molar-refractivity contribution in [2.24, 2.45) is 7.05 Å². The fourth-order valence-electron chi connectivity index (χ4n) is 2.15. The van der Waals surface area contributed by atoms with E-state index in [9.17, 15) is 4.79 Å². The summed E-state index contributed by atoms with van der Waals surface area (Å²) >= 11 is 0. The number of carbonyl (C=O) groups is 1. The minimum absolute atomic E-state index is 0.0667. The van der Waals surface area contributed by atoms with E-state index in [0.717, 1.165) is 17.0 Å². The van der Waals surface area contributed by atoms with Crippen LogP contribution in [0.3, 0.4) is 0 Å². The van der Waals surface area contributed by atoms with E-state index in [1.807, 2.05) is 24.3 Å². The molecule has 0 fully saturated rings. The van der Waals surface area contributed by atoms with Crippen molar-refractivity contribution in [1.29, 1.82) is 0 Å². The smallest absolute Gasteiger partial charge is 0.356 e. The van der Waals surface area contributed by atoms with Crippen molar-refractivity contribution in [3.05, 3.63) is 35.5 Å². The SMILES string of the molecule is Cn1nc(C(=O)O)c2c1-c1ccccc1OC2. The van der Waals surface area contributed by atoms with Gasteiger partial charge in [0.1, 0.15) is 12.4 Å². The number of benzene rings is 1. The lowest BCUT2D eigenvalue weighted by Crippen LogP contribution is -2.09. The van der Waals surface area contributed by atoms with Gasteiger partial charge in [-0.2, -0.15) is 5.10 Å². The molecule has 5 nitrogen and oxygen atoms in total. The third-order valence-corrected chi connectivity index (χ3v) is 2.86. The van der Waals surface area contributed by atoms with Gasteiger partial charge in [0.2, 0.25) is 0 Å². The molecule has 0 spiro atoms. The van der Waals surface area contributed by atoms with Gasteiger partial charge < -0.3 is 9.84 Å². The molecule has 0 atom stereocenters. The van der Waals surface area contributed by atoms with E-state index < -0.39 is 5.97 Å². The van der Waals surface area contributed by atoms with Crippen LogP contribution < -0.4 is 4.74 Å². The van der Waals surface area contributed by atoms with Gasteiger partial charge in [0, 0.05) is 12.6 Å². The number of fused-ring (bicyclic) bond motifs is 3. The van der Waals surface area contributed by atoms with E-state index in [2.05, 4.69) is 5.10 Å². The lowest BCUT2D eigenvalue weighted by molar-refractivity contribution is 0.0686. The Morgan fingerprint density at radius 3 is 3.00 bits per heavy atom. The molecule has 0 unspecified atom stereocenters. The van der Waals surface area contributed by atoms with Crippen LogP contribution in [0.2, 0.25) is 0 Å². The van der Waals surface area contributed by atoms with Crippen LogP contribution in [0, 0.1) is 0 Å². The molecule has 2 aromatic rings. The lowest BCUT2D eigenvalue weighted by atomic mass is 10.0. The molecule has 0 bridgehead atoms. The van der Waals surface area contributed by atoms with Crippen molar-refractivity contribution >= 4 is 5.97 Å². The van der Waals surface area contributed by atoms with E-state index >= 15 is 0 Å². The van der Waals surface area contributed by atoms with Gasteiger partial charge in [-0.25, -0.2) is 4.79 Å². The molecule has 0 saturated heterocycles. The second-order valence-electron chi connectivity index (χ2n) is 3.89. The third kappa shape index (κ3) is 1.32. The molecule has 1 N–H and O–H groups in total. The predicted octanol–water partition coefficient (Wildman–Crippen LogP) is 1.68. The van der Waals surface area contributed by atoms with E-state index in [1.54, 1.807) is 11.7 Å². The summed E-state index contributed by atoms with van der Waals surface area (Å²) in [4.78, 5) is 11.1. The minimum Gasteiger partial charge on any atom is -0.488 e. The van der Waals surface area contributed by atoms with Gasteiger partial charge in [-0.3, -0.25) is 4.68 Å². The van der Waals surface area contributed by atoms with Crippen LogP contribution in [0.5, 0.6) is 5.75 Å². The van der Waals surface area contributed by atoms with Crippen molar-refractivity contribution < 1.29 is 14.6 Å². The molecule has 1 aromatic heterocycles. The lowest BCUT2D eigenvalue weighted by Gasteiger charge is -2.18. The molecule has 1 aromatic carbocycles. The Labute approximate surface area is 97.3 Å². The Bertz CT molecular complexity index is 616. The zero-order valence-electron chi connectivity index (χ0n) is 9.17. The molecule has 1 aliphatic heterocycles. The summed E-state index contributed by atoms with van der Waals surface area (Å²) in [6, 6.07) is 7.55. The molecule has 5 heteroatoms. The molecule has 0 radical (unpaired) electrons. The maximum absolute atomic E-state index is 11.1. The summed E-state index contributed by atoms with van der Waals surface area (Å²) in [5.74, 6) is -0.259. The second kappa shape index (κ2) is 3.35. The van der Waals surface area contributed by atoms with Crippen LogP contribution in [0.1, 0.15) is 16.1 Å². The number of aryl methyl sites for hydroxylation is 1. The number of rotatable bonds is 1. The molecule has 0 amide bonds. The number of aromatic carboxylic acids is 1. The summed E-state index contributed by atoms with van der Waals surface area (Å²) in [5, 5.41) is 13.1. The van der Waals surface area contributed by atoms with E-state index in [1.165, 1.54) is 0 Å². The monoisotopic (exact) mass is 230 g/mol. The fourth-order valence-corrected chi connectivity index (χ4v) is 2.15. The van der Waals surface area contributed by atoms with Gasteiger partial charge in [-0.05, 0) is 12.1 Å². The minimum atomic E-state index is -1.02. The standard InChI is InChI=1S/C12H10N2O3/c1-14-11-7-4-2-3-5-9(7)17-6-8(11)10(13-14)12(15)16/h2-5H,6H2,1H3,(H,15,16). The van der Waals surface area contributed by atoms with Gasteiger partial charge in [-0.15, -0.1) is 0 Å². The van der Waals surface area contributed by atoms with Crippen molar-refractivity contribution in [3.63, 3.8) is 0 Å². The normalized spacial score (nSPS) is 12.5. The number of carboxylic acid groups (broad SMARTS) is 1. The maximum Gasteiger partial charge on any atom is 0.356 e. The predicted molar refractivity (Wildman–Crippen MR) is 59.9 cm³/mol. The molecule has 3 rings (SSSR count). The number of hydrogen-bond acceptors (Lipinski definition) is 3. The molecule has 17 heavy (non-hydrogen) atoms. The van der Waals surface area contributed by atoms with Crippen molar-refractivity contribution in [3.8, 4) is 17.0 Å². The Balaban J connectivity index is 2.30. The first kappa shape index (κ1) is 9.89. The van der Waals surface area contributed by atoms with Crippen LogP contribution in [-0.2, 0) is 13.7 Å². The highest BCUT2D eigenvalue weighted by molar-refractivity contribution is 5.90. The topological polar surface area (TPSA) is 64.4 Å². The Hall–Kier alpha value is -2.30. The first-order chi connectivity index (χ1) is 8.18. The van der Waals surface area contributed by atoms with E-state index in [4.69, 9.17) is 9.84 Å². The van der Waals surface area contributed by atoms with Crippen LogP contribution >= 0.6 is 0 Å². The van der Waals surface area contributed by atoms with E-state index in [0.29, 0.717) is 5.56 Å². The first-order valence-electron chi connectivity index (χ1n) is 5.20. The Kier molecular flexibility index (Phi) is 1.95. The van der Waals surface area contributed by atoms with Crippen molar-refractivity contribution in [2.75, 3.05) is 0 Å². The van der Waals surface area contributed by atoms with Gasteiger partial charge >= 0.3 is 5.97 Å². The van der Waals surface area contributed by atoms with Gasteiger partial charge in [0.25, 0.3) is 0 Å². The number of hydrogen-bond donors (Lipinski definition) is 1. The second-order valence-corrected chi connectivity index (χ2v) is 3.89. The molecule has 0 saturated carbocycles. The summed E-state index contributed by atoms with van der Waals surface area (Å²) in [6.07, 6.45) is 0. The number of para-hydroxylation sites is 1. The van der Waals surface area contributed by atoms with Gasteiger partial charge in [-0.1, -0.05) is 12.1 Å². The van der Waals surface area contributed by atoms with E-state index in [-0.39, 0.29) is 12.3 Å². The summed E-state index contributed by atoms with van der Waals surface area (Å²) in [5.41, 5.74) is 2.41. The Morgan fingerprint density at radius 1 is 1.47 bits per heavy atom. The molecular weight excluding hydrogens is 220 g/mol. The van der Waals surface area contributed by atoms with Crippen LogP contribution in [0.25, 0.3) is 11.3 Å². The molecule has 2 heterocycles. The maximum atomic E-state index is 11.1. The molecular formula is C12H10N2O3. The molecule has 1 aliphatic rings. The zero-order chi connectivity index (χ0) is 12.0. The number of aromatic nitrogens is 2. The quantitative estimate of drug-likeness (QED) is 0.809. The molecule has 86 valence electrons. The van der Waals surface area contributed by atoms with Crippen molar-refractivity contribution in [1.82, 2.24) is 9.78 Å². The Morgan fingerprint density at radius 2 is 2.24 bits per heavy atom. The summed E-state index contributed by atoms with van der Waals surface area (Å²) in [7, 11) is 1.74. The van der Waals surface area contributed by atoms with Crippen LogP contribution in [0.15, 0.2) is 24.3 Å². The highest BCUT2D eigenvalue weighted by Gasteiger charge is 2.27. The van der Waals surface area contributed by atoms with Crippen LogP contribution in [0.4, 0.5) is 0 Å². The third-order valence-electron chi connectivity index (χ3n) is 2.86. The first-order valence-corrected chi connectivity index (χ1v) is 5.20. The van der Waals surface area contributed by atoms with Crippen molar-refractivity contribution in [2.45, 2.75) is 6.61 Å². The number of carboxylic acids is 1. The zero-order valence-corrected chi connectivity index (χ0v) is 9.17. The average molecular weight is 230 g/mol. The summed E-state index contributed by atoms with van der Waals surface area (Å²) < 4.78 is 7.13. The number of ether oxygens (including phenoxy) is 1. The highest BCUT2D eigenvalue weighted by atomic mass is 16.5. The fraction of sp³-hybridized carbons (Fsp3) is 0.167. The van der Waals surface area contributed by atoms with Crippen LogP contribution in [-0.4, -0.2) is 20.9 Å². The average Bonchev–Trinajstić information content (AvgIpc) is 2.67. The number of nitrogens with zero attached hydrogens (tertiary/aromatic N) is 2. The summed E-state index contributed by atoms with van der Waals surface area (Å²) in [6.45, 7) is 0.252. The van der Waals surface area contributed by atoms with Gasteiger partial charge in [0.05, 0.1) is 11.3 Å². The molecule has 0 aliphatic carbocycles. The largest absolute Gasteiger partial charge is 0.488 e. The van der Waals surface area contributed by atoms with Gasteiger partial charge in [0.15, 0.2) is 5.69 Å².